The fourth-order valence-corrected chi connectivity index (χ4v) is 1.79. The Kier molecular flexibility index (Phi) is 6.17. The molecular formula is C7H17NOS. The zero-order valence-electron chi connectivity index (χ0n) is 6.71. The number of aliphatic hydroxyl groups excluding tert-OH is 1. The lowest BCUT2D eigenvalue weighted by Crippen LogP contribution is -2.19. The first-order chi connectivity index (χ1) is 4.66. The van der Waals surface area contributed by atoms with E-state index < -0.39 is 0 Å². The average Bonchev–Trinajstić information content (AvgIpc) is 1.82. The quantitative estimate of drug-likeness (QED) is 0.631. The highest BCUT2D eigenvalue weighted by atomic mass is 32.2. The van der Waals surface area contributed by atoms with E-state index in [9.17, 15) is 0 Å². The predicted octanol–water partition coefficient (Wildman–Crippen LogP) is 0.838. The van der Waals surface area contributed by atoms with Gasteiger partial charge in [0.1, 0.15) is 0 Å². The molecule has 0 amide bonds. The van der Waals surface area contributed by atoms with Crippen LogP contribution in [0.1, 0.15) is 20.3 Å². The molecule has 0 fully saturated rings. The molecule has 62 valence electrons. The van der Waals surface area contributed by atoms with Crippen molar-refractivity contribution in [3.8, 4) is 0 Å². The molecule has 0 aromatic rings. The van der Waals surface area contributed by atoms with Crippen molar-refractivity contribution in [2.24, 2.45) is 5.73 Å². The Balaban J connectivity index is 3.16. The Morgan fingerprint density at radius 3 is 2.50 bits per heavy atom. The highest BCUT2D eigenvalue weighted by Gasteiger charge is 2.03. The first kappa shape index (κ1) is 10.3. The van der Waals surface area contributed by atoms with Crippen molar-refractivity contribution in [3.63, 3.8) is 0 Å². The maximum atomic E-state index is 8.50. The molecule has 3 N–H and O–H groups in total. The number of nitrogens with two attached hydrogens (primary N) is 1. The van der Waals surface area contributed by atoms with E-state index in [-0.39, 0.29) is 12.6 Å². The van der Waals surface area contributed by atoms with Gasteiger partial charge >= 0.3 is 0 Å². The second-order valence-corrected chi connectivity index (χ2v) is 4.16. The zero-order valence-corrected chi connectivity index (χ0v) is 7.53. The third-order valence-corrected chi connectivity index (χ3v) is 2.38. The molecule has 0 aromatic heterocycles. The molecule has 0 aliphatic rings. The molecule has 0 aliphatic heterocycles. The maximum absolute atomic E-state index is 8.50. The summed E-state index contributed by atoms with van der Waals surface area (Å²) in [6.45, 7) is 4.42. The van der Waals surface area contributed by atoms with Gasteiger partial charge in [0.05, 0.1) is 6.61 Å². The monoisotopic (exact) mass is 163 g/mol. The Morgan fingerprint density at radius 2 is 2.10 bits per heavy atom. The van der Waals surface area contributed by atoms with Crippen molar-refractivity contribution in [2.75, 3.05) is 12.4 Å². The van der Waals surface area contributed by atoms with Crippen LogP contribution < -0.4 is 5.73 Å². The third kappa shape index (κ3) is 6.39. The second kappa shape index (κ2) is 6.01. The van der Waals surface area contributed by atoms with Gasteiger partial charge in [-0.3, -0.25) is 0 Å². The molecule has 0 aliphatic carbocycles. The molecule has 2 unspecified atom stereocenters. The molecular weight excluding hydrogens is 146 g/mol. The van der Waals surface area contributed by atoms with Crippen LogP contribution in [0, 0.1) is 0 Å². The number of hydrogen-bond acceptors (Lipinski definition) is 3. The largest absolute Gasteiger partial charge is 0.396 e. The van der Waals surface area contributed by atoms with Gasteiger partial charge in [0.15, 0.2) is 0 Å². The third-order valence-electron chi connectivity index (χ3n) is 1.20. The van der Waals surface area contributed by atoms with Crippen LogP contribution in [-0.4, -0.2) is 28.8 Å². The van der Waals surface area contributed by atoms with Crippen molar-refractivity contribution in [2.45, 2.75) is 31.6 Å². The van der Waals surface area contributed by atoms with Crippen molar-refractivity contribution < 1.29 is 5.11 Å². The molecule has 0 rings (SSSR count). The number of rotatable bonds is 5. The van der Waals surface area contributed by atoms with Gasteiger partial charge in [-0.2, -0.15) is 11.8 Å². The van der Waals surface area contributed by atoms with E-state index in [4.69, 9.17) is 10.8 Å². The van der Waals surface area contributed by atoms with E-state index in [2.05, 4.69) is 6.92 Å². The van der Waals surface area contributed by atoms with Gasteiger partial charge < -0.3 is 10.8 Å². The van der Waals surface area contributed by atoms with Gasteiger partial charge in [-0.15, -0.1) is 0 Å². The molecule has 2 atom stereocenters. The van der Waals surface area contributed by atoms with E-state index in [0.29, 0.717) is 5.25 Å². The van der Waals surface area contributed by atoms with E-state index >= 15 is 0 Å². The molecule has 10 heavy (non-hydrogen) atoms. The molecule has 0 saturated carbocycles. The van der Waals surface area contributed by atoms with Crippen LogP contribution in [0.25, 0.3) is 0 Å². The van der Waals surface area contributed by atoms with Crippen LogP contribution in [0.15, 0.2) is 0 Å². The van der Waals surface area contributed by atoms with Crippen LogP contribution >= 0.6 is 11.8 Å². The summed E-state index contributed by atoms with van der Waals surface area (Å²) < 4.78 is 0. The minimum absolute atomic E-state index is 0.272. The summed E-state index contributed by atoms with van der Waals surface area (Å²) in [7, 11) is 0. The summed E-state index contributed by atoms with van der Waals surface area (Å²) >= 11 is 1.77. The van der Waals surface area contributed by atoms with Gasteiger partial charge in [0, 0.05) is 17.0 Å². The summed E-state index contributed by atoms with van der Waals surface area (Å²) in [4.78, 5) is 0. The molecule has 0 radical (unpaired) electrons. The SMILES string of the molecule is CC(N)CC(C)SCCO. The number of thioether (sulfide) groups is 1. The molecule has 0 aromatic carbocycles. The minimum Gasteiger partial charge on any atom is -0.396 e. The maximum Gasteiger partial charge on any atom is 0.0521 e. The van der Waals surface area contributed by atoms with Crippen molar-refractivity contribution in [1.29, 1.82) is 0 Å². The van der Waals surface area contributed by atoms with Gasteiger partial charge in [-0.25, -0.2) is 0 Å². The number of aliphatic hydroxyl groups is 1. The first-order valence-corrected chi connectivity index (χ1v) is 4.69. The van der Waals surface area contributed by atoms with E-state index in [0.717, 1.165) is 12.2 Å². The molecule has 0 saturated heterocycles. The van der Waals surface area contributed by atoms with Crippen LogP contribution in [-0.2, 0) is 0 Å². The van der Waals surface area contributed by atoms with Crippen molar-refractivity contribution >= 4 is 11.8 Å². The summed E-state index contributed by atoms with van der Waals surface area (Å²) in [5, 5.41) is 9.07. The summed E-state index contributed by atoms with van der Waals surface area (Å²) in [5.41, 5.74) is 5.59. The normalized spacial score (nSPS) is 16.8. The Morgan fingerprint density at radius 1 is 1.50 bits per heavy atom. The molecule has 0 heterocycles. The van der Waals surface area contributed by atoms with Crippen LogP contribution in [0.5, 0.6) is 0 Å². The summed E-state index contributed by atoms with van der Waals surface area (Å²) in [5.74, 6) is 0.827. The standard InChI is InChI=1S/C7H17NOS/c1-6(8)5-7(2)10-4-3-9/h6-7,9H,3-5,8H2,1-2H3. The van der Waals surface area contributed by atoms with Gasteiger partial charge in [-0.05, 0) is 13.3 Å². The summed E-state index contributed by atoms with van der Waals surface area (Å²) in [6, 6.07) is 0.279. The Bertz CT molecular complexity index is 78.0. The van der Waals surface area contributed by atoms with Crippen molar-refractivity contribution in [1.82, 2.24) is 0 Å². The first-order valence-electron chi connectivity index (χ1n) is 3.65. The summed E-state index contributed by atoms with van der Waals surface area (Å²) in [6.07, 6.45) is 1.03. The lowest BCUT2D eigenvalue weighted by Gasteiger charge is -2.12. The van der Waals surface area contributed by atoms with E-state index in [1.54, 1.807) is 11.8 Å². The molecule has 2 nitrogen and oxygen atoms in total. The lowest BCUT2D eigenvalue weighted by atomic mass is 10.2. The van der Waals surface area contributed by atoms with Gasteiger partial charge in [-0.1, -0.05) is 6.92 Å². The van der Waals surface area contributed by atoms with Gasteiger partial charge in [0.25, 0.3) is 0 Å². The average molecular weight is 163 g/mol. The van der Waals surface area contributed by atoms with Crippen LogP contribution in [0.3, 0.4) is 0 Å². The van der Waals surface area contributed by atoms with Gasteiger partial charge in [0.2, 0.25) is 0 Å². The van der Waals surface area contributed by atoms with Crippen molar-refractivity contribution in [3.05, 3.63) is 0 Å². The van der Waals surface area contributed by atoms with E-state index in [1.807, 2.05) is 6.92 Å². The molecule has 0 bridgehead atoms. The lowest BCUT2D eigenvalue weighted by molar-refractivity contribution is 0.322. The smallest absolute Gasteiger partial charge is 0.0521 e. The fraction of sp³-hybridized carbons (Fsp3) is 1.00. The predicted molar refractivity (Wildman–Crippen MR) is 47.3 cm³/mol. The highest BCUT2D eigenvalue weighted by Crippen LogP contribution is 2.13. The fourth-order valence-electron chi connectivity index (χ4n) is 0.845. The highest BCUT2D eigenvalue weighted by molar-refractivity contribution is 7.99. The molecule has 3 heteroatoms. The Labute approximate surface area is 67.2 Å². The second-order valence-electron chi connectivity index (χ2n) is 2.62. The van der Waals surface area contributed by atoms with E-state index in [1.165, 1.54) is 0 Å². The van der Waals surface area contributed by atoms with Crippen LogP contribution in [0.2, 0.25) is 0 Å². The topological polar surface area (TPSA) is 46.2 Å². The molecule has 0 spiro atoms. The van der Waals surface area contributed by atoms with Crippen LogP contribution in [0.4, 0.5) is 0 Å². The zero-order chi connectivity index (χ0) is 7.98. The number of hydrogen-bond donors (Lipinski definition) is 2. The minimum atomic E-state index is 0.272. The Hall–Kier alpha value is 0.270.